The van der Waals surface area contributed by atoms with Crippen molar-refractivity contribution in [2.45, 2.75) is 20.0 Å². The van der Waals surface area contributed by atoms with Gasteiger partial charge >= 0.3 is 0 Å². The molecule has 2 aromatic rings. The van der Waals surface area contributed by atoms with Crippen LogP contribution < -0.4 is 5.73 Å². The number of ether oxygens (including phenoxy) is 1. The number of anilines is 1. The SMILES string of the molecule is COC(c1ccccc1)c1nc(C)c(C)c(N)n1. The van der Waals surface area contributed by atoms with Crippen LogP contribution in [-0.4, -0.2) is 17.1 Å². The summed E-state index contributed by atoms with van der Waals surface area (Å²) < 4.78 is 5.49. The molecule has 4 heteroatoms. The number of hydrogen-bond acceptors (Lipinski definition) is 4. The van der Waals surface area contributed by atoms with Gasteiger partial charge in [0.05, 0.1) is 0 Å². The van der Waals surface area contributed by atoms with E-state index >= 15 is 0 Å². The summed E-state index contributed by atoms with van der Waals surface area (Å²) in [5.74, 6) is 1.11. The molecule has 0 aliphatic heterocycles. The first-order valence-corrected chi connectivity index (χ1v) is 5.82. The molecule has 0 saturated carbocycles. The molecule has 1 unspecified atom stereocenters. The third-order valence-corrected chi connectivity index (χ3v) is 3.02. The maximum absolute atomic E-state index is 5.89. The van der Waals surface area contributed by atoms with E-state index in [9.17, 15) is 0 Å². The molecule has 94 valence electrons. The Hall–Kier alpha value is -1.94. The van der Waals surface area contributed by atoms with Crippen molar-refractivity contribution < 1.29 is 4.74 Å². The normalized spacial score (nSPS) is 12.4. The first-order chi connectivity index (χ1) is 8.63. The van der Waals surface area contributed by atoms with Crippen molar-refractivity contribution in [3.8, 4) is 0 Å². The van der Waals surface area contributed by atoms with Crippen molar-refractivity contribution in [1.82, 2.24) is 9.97 Å². The Kier molecular flexibility index (Phi) is 3.58. The average molecular weight is 243 g/mol. The average Bonchev–Trinajstić information content (AvgIpc) is 2.38. The van der Waals surface area contributed by atoms with Gasteiger partial charge in [0, 0.05) is 18.4 Å². The van der Waals surface area contributed by atoms with Crippen LogP contribution in [-0.2, 0) is 4.74 Å². The molecule has 2 N–H and O–H groups in total. The number of rotatable bonds is 3. The number of aromatic nitrogens is 2. The van der Waals surface area contributed by atoms with Crippen LogP contribution in [0, 0.1) is 13.8 Å². The second-order valence-electron chi connectivity index (χ2n) is 4.20. The van der Waals surface area contributed by atoms with Crippen LogP contribution in [0.1, 0.15) is 28.7 Å². The van der Waals surface area contributed by atoms with E-state index < -0.39 is 0 Å². The van der Waals surface area contributed by atoms with Crippen LogP contribution in [0.25, 0.3) is 0 Å². The number of nitrogens with zero attached hydrogens (tertiary/aromatic N) is 2. The van der Waals surface area contributed by atoms with Gasteiger partial charge in [-0.25, -0.2) is 9.97 Å². The van der Waals surface area contributed by atoms with E-state index in [1.54, 1.807) is 7.11 Å². The van der Waals surface area contributed by atoms with E-state index in [0.29, 0.717) is 11.6 Å². The van der Waals surface area contributed by atoms with Crippen molar-refractivity contribution in [2.75, 3.05) is 12.8 Å². The van der Waals surface area contributed by atoms with Crippen molar-refractivity contribution in [3.05, 3.63) is 53.0 Å². The van der Waals surface area contributed by atoms with Gasteiger partial charge in [0.1, 0.15) is 11.9 Å². The molecular weight excluding hydrogens is 226 g/mol. The molecule has 2 rings (SSSR count). The Morgan fingerprint density at radius 2 is 1.78 bits per heavy atom. The summed E-state index contributed by atoms with van der Waals surface area (Å²) >= 11 is 0. The summed E-state index contributed by atoms with van der Waals surface area (Å²) in [7, 11) is 1.65. The molecule has 18 heavy (non-hydrogen) atoms. The molecule has 1 atom stereocenters. The minimum atomic E-state index is -0.284. The van der Waals surface area contributed by atoms with Gasteiger partial charge in [0.25, 0.3) is 0 Å². The molecule has 0 amide bonds. The summed E-state index contributed by atoms with van der Waals surface area (Å²) in [6.45, 7) is 3.84. The zero-order chi connectivity index (χ0) is 13.1. The molecule has 4 nitrogen and oxygen atoms in total. The van der Waals surface area contributed by atoms with Crippen LogP contribution in [0.3, 0.4) is 0 Å². The lowest BCUT2D eigenvalue weighted by atomic mass is 10.1. The van der Waals surface area contributed by atoms with Crippen molar-refractivity contribution >= 4 is 5.82 Å². The lowest BCUT2D eigenvalue weighted by molar-refractivity contribution is 0.129. The number of benzene rings is 1. The van der Waals surface area contributed by atoms with Gasteiger partial charge in [-0.1, -0.05) is 30.3 Å². The number of aryl methyl sites for hydroxylation is 1. The predicted octanol–water partition coefficient (Wildman–Crippen LogP) is 2.41. The largest absolute Gasteiger partial charge is 0.383 e. The Labute approximate surface area is 107 Å². The number of nitrogen functional groups attached to an aromatic ring is 1. The fourth-order valence-corrected chi connectivity index (χ4v) is 1.81. The van der Waals surface area contributed by atoms with Gasteiger partial charge in [-0.2, -0.15) is 0 Å². The van der Waals surface area contributed by atoms with Gasteiger partial charge in [-0.05, 0) is 19.4 Å². The Balaban J connectivity index is 2.46. The van der Waals surface area contributed by atoms with E-state index in [-0.39, 0.29) is 6.10 Å². The third kappa shape index (κ3) is 2.33. The first-order valence-electron chi connectivity index (χ1n) is 5.82. The zero-order valence-corrected chi connectivity index (χ0v) is 10.8. The molecule has 0 radical (unpaired) electrons. The van der Waals surface area contributed by atoms with Crippen molar-refractivity contribution in [3.63, 3.8) is 0 Å². The molecule has 0 saturated heterocycles. The molecular formula is C14H17N3O. The van der Waals surface area contributed by atoms with E-state index in [4.69, 9.17) is 10.5 Å². The van der Waals surface area contributed by atoms with Crippen LogP contribution in [0.2, 0.25) is 0 Å². The highest BCUT2D eigenvalue weighted by Crippen LogP contribution is 2.24. The maximum Gasteiger partial charge on any atom is 0.164 e. The molecule has 0 fully saturated rings. The monoisotopic (exact) mass is 243 g/mol. The Morgan fingerprint density at radius 1 is 1.11 bits per heavy atom. The van der Waals surface area contributed by atoms with E-state index in [1.807, 2.05) is 44.2 Å². The first kappa shape index (κ1) is 12.5. The van der Waals surface area contributed by atoms with Gasteiger partial charge in [-0.15, -0.1) is 0 Å². The van der Waals surface area contributed by atoms with Crippen LogP contribution >= 0.6 is 0 Å². The quantitative estimate of drug-likeness (QED) is 0.899. The fourth-order valence-electron chi connectivity index (χ4n) is 1.81. The van der Waals surface area contributed by atoms with E-state index in [1.165, 1.54) is 0 Å². The lowest BCUT2D eigenvalue weighted by Crippen LogP contribution is -2.12. The van der Waals surface area contributed by atoms with Gasteiger partial charge in [0.2, 0.25) is 0 Å². The number of methoxy groups -OCH3 is 1. The number of nitrogens with two attached hydrogens (primary N) is 1. The summed E-state index contributed by atoms with van der Waals surface area (Å²) in [5.41, 5.74) is 8.70. The maximum atomic E-state index is 5.89. The molecule has 0 bridgehead atoms. The van der Waals surface area contributed by atoms with Gasteiger partial charge in [0.15, 0.2) is 5.82 Å². The zero-order valence-electron chi connectivity index (χ0n) is 10.8. The molecule has 1 aromatic heterocycles. The van der Waals surface area contributed by atoms with Crippen molar-refractivity contribution in [1.29, 1.82) is 0 Å². The van der Waals surface area contributed by atoms with Crippen molar-refractivity contribution in [2.24, 2.45) is 0 Å². The Morgan fingerprint density at radius 3 is 2.33 bits per heavy atom. The molecule has 0 aliphatic carbocycles. The standard InChI is InChI=1S/C14H17N3O/c1-9-10(2)16-14(17-13(9)15)12(18-3)11-7-5-4-6-8-11/h4-8,12H,1-3H3,(H2,15,16,17). The number of hydrogen-bond donors (Lipinski definition) is 1. The fraction of sp³-hybridized carbons (Fsp3) is 0.286. The van der Waals surface area contributed by atoms with Crippen LogP contribution in [0.5, 0.6) is 0 Å². The van der Waals surface area contributed by atoms with Gasteiger partial charge < -0.3 is 10.5 Å². The van der Waals surface area contributed by atoms with E-state index in [0.717, 1.165) is 16.8 Å². The predicted molar refractivity (Wildman–Crippen MR) is 71.2 cm³/mol. The van der Waals surface area contributed by atoms with Crippen LogP contribution in [0.15, 0.2) is 30.3 Å². The highest BCUT2D eigenvalue weighted by Gasteiger charge is 2.18. The molecule has 0 aliphatic rings. The minimum Gasteiger partial charge on any atom is -0.383 e. The molecule has 1 aromatic carbocycles. The minimum absolute atomic E-state index is 0.284. The van der Waals surface area contributed by atoms with Gasteiger partial charge in [-0.3, -0.25) is 0 Å². The third-order valence-electron chi connectivity index (χ3n) is 3.02. The summed E-state index contributed by atoms with van der Waals surface area (Å²) in [4.78, 5) is 8.79. The summed E-state index contributed by atoms with van der Waals surface area (Å²) in [5, 5.41) is 0. The Bertz CT molecular complexity index is 517. The van der Waals surface area contributed by atoms with E-state index in [2.05, 4.69) is 9.97 Å². The second-order valence-corrected chi connectivity index (χ2v) is 4.20. The smallest absolute Gasteiger partial charge is 0.164 e. The molecule has 1 heterocycles. The van der Waals surface area contributed by atoms with Crippen LogP contribution in [0.4, 0.5) is 5.82 Å². The molecule has 0 spiro atoms. The highest BCUT2D eigenvalue weighted by molar-refractivity contribution is 5.41. The second kappa shape index (κ2) is 5.14. The highest BCUT2D eigenvalue weighted by atomic mass is 16.5. The summed E-state index contributed by atoms with van der Waals surface area (Å²) in [6.07, 6.45) is -0.284. The topological polar surface area (TPSA) is 61.0 Å². The summed E-state index contributed by atoms with van der Waals surface area (Å²) in [6, 6.07) is 9.87. The lowest BCUT2D eigenvalue weighted by Gasteiger charge is -2.16.